The number of hydrogen-bond acceptors (Lipinski definition) is 3. The number of nitriles is 1. The molecule has 4 nitrogen and oxygen atoms in total. The Bertz CT molecular complexity index is 412. The zero-order chi connectivity index (χ0) is 11.3. The van der Waals surface area contributed by atoms with Gasteiger partial charge >= 0.3 is 96.5 Å². The van der Waals surface area contributed by atoms with E-state index >= 15 is 0 Å². The number of carbonyl (C=O) groups excluding carboxylic acids is 1. The predicted molar refractivity (Wildman–Crippen MR) is 60.0 cm³/mol. The summed E-state index contributed by atoms with van der Waals surface area (Å²) in [6.45, 7) is 2.03. The molecular formula is C10H11AsN2O2. The Morgan fingerprint density at radius 1 is 1.67 bits per heavy atom. The van der Waals surface area contributed by atoms with Crippen LogP contribution in [0.1, 0.15) is 12.5 Å². The van der Waals surface area contributed by atoms with Gasteiger partial charge in [0.05, 0.1) is 0 Å². The van der Waals surface area contributed by atoms with Crippen molar-refractivity contribution in [1.82, 2.24) is 0 Å². The van der Waals surface area contributed by atoms with E-state index < -0.39 is 6.09 Å². The molecule has 1 atom stereocenters. The fraction of sp³-hybridized carbons (Fsp3) is 0.200. The van der Waals surface area contributed by atoms with Gasteiger partial charge in [0.2, 0.25) is 0 Å². The van der Waals surface area contributed by atoms with Crippen LogP contribution in [0.3, 0.4) is 0 Å². The first-order chi connectivity index (χ1) is 7.17. The van der Waals surface area contributed by atoms with Crippen LogP contribution in [-0.2, 0) is 4.74 Å². The van der Waals surface area contributed by atoms with E-state index in [1.54, 1.807) is 19.1 Å². The average molecular weight is 266 g/mol. The molecule has 0 saturated heterocycles. The first-order valence-corrected chi connectivity index (χ1v) is 5.62. The van der Waals surface area contributed by atoms with Crippen LogP contribution >= 0.6 is 0 Å². The molecule has 0 fully saturated rings. The second-order valence-corrected chi connectivity index (χ2v) is 4.16. The van der Waals surface area contributed by atoms with Crippen molar-refractivity contribution in [3.05, 3.63) is 23.8 Å². The van der Waals surface area contributed by atoms with Crippen molar-refractivity contribution < 1.29 is 9.53 Å². The predicted octanol–water partition coefficient (Wildman–Crippen LogP) is 0.385. The number of anilines is 1. The van der Waals surface area contributed by atoms with Crippen LogP contribution in [0.5, 0.6) is 0 Å². The molecule has 0 radical (unpaired) electrons. The zero-order valence-corrected chi connectivity index (χ0v) is 10.7. The van der Waals surface area contributed by atoms with E-state index in [1.807, 2.05) is 12.1 Å². The van der Waals surface area contributed by atoms with Crippen LogP contribution in [-0.4, -0.2) is 29.6 Å². The number of nitrogens with zero attached hydrogens (tertiary/aromatic N) is 1. The molecule has 0 heterocycles. The third-order valence-corrected chi connectivity index (χ3v) is 2.43. The standard InChI is InChI=1S/C10H11AsN2O2/c1-2-15-10(14)13-9-4-3-8(11)5-7(9)6-12/h3-5H,2,11H2,1H3,(H,13,14). The van der Waals surface area contributed by atoms with Crippen LogP contribution in [0.15, 0.2) is 18.2 Å². The Balaban J connectivity index is 2.86. The first kappa shape index (κ1) is 11.6. The number of amides is 1. The van der Waals surface area contributed by atoms with E-state index in [0.717, 1.165) is 4.35 Å². The van der Waals surface area contributed by atoms with Crippen molar-refractivity contribution in [1.29, 1.82) is 5.26 Å². The fourth-order valence-electron chi connectivity index (χ4n) is 1.04. The summed E-state index contributed by atoms with van der Waals surface area (Å²) in [6.07, 6.45) is -0.539. The normalized spacial score (nSPS) is 9.13. The quantitative estimate of drug-likeness (QED) is 0.787. The summed E-state index contributed by atoms with van der Waals surface area (Å²) in [5, 5.41) is 11.4. The van der Waals surface area contributed by atoms with E-state index in [1.165, 1.54) is 16.9 Å². The SMILES string of the molecule is CCOC(=O)Nc1ccc([AsH2])cc1C#N. The summed E-state index contributed by atoms with van der Waals surface area (Å²) in [6, 6.07) is 7.31. The third kappa shape index (κ3) is 3.30. The maximum absolute atomic E-state index is 11.1. The van der Waals surface area contributed by atoms with Gasteiger partial charge in [-0.2, -0.15) is 0 Å². The molecule has 0 aliphatic rings. The third-order valence-electron chi connectivity index (χ3n) is 1.68. The number of nitrogens with one attached hydrogen (secondary N) is 1. The molecule has 5 heteroatoms. The number of hydrogen-bond donors (Lipinski definition) is 1. The number of ether oxygens (including phenoxy) is 1. The van der Waals surface area contributed by atoms with Crippen LogP contribution in [0.4, 0.5) is 10.5 Å². The Morgan fingerprint density at radius 3 is 3.00 bits per heavy atom. The molecule has 1 aromatic rings. The minimum atomic E-state index is -0.539. The topological polar surface area (TPSA) is 62.1 Å². The molecule has 1 N–H and O–H groups in total. The zero-order valence-electron chi connectivity index (χ0n) is 8.28. The van der Waals surface area contributed by atoms with E-state index in [-0.39, 0.29) is 0 Å². The summed E-state index contributed by atoms with van der Waals surface area (Å²) in [5.41, 5.74) is 0.933. The molecule has 0 saturated carbocycles. The van der Waals surface area contributed by atoms with Gasteiger partial charge in [-0.05, 0) is 0 Å². The molecule has 78 valence electrons. The van der Waals surface area contributed by atoms with Crippen molar-refractivity contribution in [2.24, 2.45) is 0 Å². The van der Waals surface area contributed by atoms with Gasteiger partial charge in [0.1, 0.15) is 0 Å². The Kier molecular flexibility index (Phi) is 4.20. The van der Waals surface area contributed by atoms with E-state index in [2.05, 4.69) is 5.32 Å². The van der Waals surface area contributed by atoms with E-state index in [9.17, 15) is 4.79 Å². The minimum absolute atomic E-state index is 0.308. The Morgan fingerprint density at radius 2 is 2.40 bits per heavy atom. The summed E-state index contributed by atoms with van der Waals surface area (Å²) in [7, 11) is 0. The number of carbonyl (C=O) groups is 1. The Labute approximate surface area is 96.7 Å². The molecule has 1 amide bonds. The fourth-order valence-corrected chi connectivity index (χ4v) is 1.59. The van der Waals surface area contributed by atoms with Gasteiger partial charge < -0.3 is 0 Å². The number of benzene rings is 1. The summed E-state index contributed by atoms with van der Waals surface area (Å²) < 4.78 is 5.76. The second-order valence-electron chi connectivity index (χ2n) is 2.76. The van der Waals surface area contributed by atoms with Gasteiger partial charge in [-0.15, -0.1) is 0 Å². The molecule has 1 unspecified atom stereocenters. The van der Waals surface area contributed by atoms with Crippen molar-refractivity contribution in [2.75, 3.05) is 11.9 Å². The van der Waals surface area contributed by atoms with E-state index in [0.29, 0.717) is 17.9 Å². The Hall–Kier alpha value is -1.46. The molecule has 1 rings (SSSR count). The van der Waals surface area contributed by atoms with Gasteiger partial charge in [-0.3, -0.25) is 0 Å². The van der Waals surface area contributed by atoms with E-state index in [4.69, 9.17) is 10.00 Å². The van der Waals surface area contributed by atoms with Crippen molar-refractivity contribution >= 4 is 33.0 Å². The summed E-state index contributed by atoms with van der Waals surface area (Å²) in [5.74, 6) is 0. The molecule has 0 spiro atoms. The molecule has 15 heavy (non-hydrogen) atoms. The molecule has 0 aliphatic heterocycles. The monoisotopic (exact) mass is 266 g/mol. The van der Waals surface area contributed by atoms with Crippen molar-refractivity contribution in [3.63, 3.8) is 0 Å². The summed E-state index contributed by atoms with van der Waals surface area (Å²) >= 11 is 1.43. The van der Waals surface area contributed by atoms with Gasteiger partial charge in [-0.25, -0.2) is 0 Å². The van der Waals surface area contributed by atoms with Gasteiger partial charge in [0.15, 0.2) is 0 Å². The first-order valence-electron chi connectivity index (χ1n) is 4.40. The van der Waals surface area contributed by atoms with Crippen LogP contribution in [0.25, 0.3) is 0 Å². The maximum atomic E-state index is 11.1. The van der Waals surface area contributed by atoms with Crippen molar-refractivity contribution in [3.8, 4) is 6.07 Å². The van der Waals surface area contributed by atoms with Crippen molar-refractivity contribution in [2.45, 2.75) is 6.92 Å². The van der Waals surface area contributed by atoms with Crippen LogP contribution in [0, 0.1) is 11.3 Å². The van der Waals surface area contributed by atoms with Gasteiger partial charge in [0.25, 0.3) is 0 Å². The average Bonchev–Trinajstić information content (AvgIpc) is 2.21. The molecule has 0 aliphatic carbocycles. The number of rotatable bonds is 2. The molecule has 0 aromatic heterocycles. The molecular weight excluding hydrogens is 255 g/mol. The molecule has 0 bridgehead atoms. The summed E-state index contributed by atoms with van der Waals surface area (Å²) in [4.78, 5) is 11.1. The van der Waals surface area contributed by atoms with Gasteiger partial charge in [-0.1, -0.05) is 0 Å². The molecule has 1 aromatic carbocycles. The van der Waals surface area contributed by atoms with Gasteiger partial charge in [0, 0.05) is 0 Å². The van der Waals surface area contributed by atoms with Crippen LogP contribution < -0.4 is 9.67 Å². The van der Waals surface area contributed by atoms with Crippen LogP contribution in [0.2, 0.25) is 0 Å². The second kappa shape index (κ2) is 5.43.